The molecule has 0 fully saturated rings. The van der Waals surface area contributed by atoms with Gasteiger partial charge < -0.3 is 10.8 Å². The van der Waals surface area contributed by atoms with E-state index in [1.807, 2.05) is 18.3 Å². The SMILES string of the molecule is CC(C)CCc1nccc2nc(-c3ccc(CN)cc3)c(-c3ccccc3)cc12.O=C(O)C(F)(F)F. The summed E-state index contributed by atoms with van der Waals surface area (Å²) >= 11 is 0. The quantitative estimate of drug-likeness (QED) is 0.313. The summed E-state index contributed by atoms with van der Waals surface area (Å²) in [5.74, 6) is -2.11. The molecule has 2 heterocycles. The molecule has 2 aromatic carbocycles. The van der Waals surface area contributed by atoms with Gasteiger partial charge in [-0.1, -0.05) is 68.4 Å². The number of aryl methyl sites for hydroxylation is 1. The Balaban J connectivity index is 0.000000454. The molecular formula is C28H28F3N3O2. The average Bonchev–Trinajstić information content (AvgIpc) is 2.87. The summed E-state index contributed by atoms with van der Waals surface area (Å²) in [4.78, 5) is 18.7. The number of fused-ring (bicyclic) bond motifs is 1. The fourth-order valence-electron chi connectivity index (χ4n) is 3.63. The van der Waals surface area contributed by atoms with E-state index >= 15 is 0 Å². The van der Waals surface area contributed by atoms with Gasteiger partial charge in [-0.3, -0.25) is 4.98 Å². The molecule has 0 saturated carbocycles. The van der Waals surface area contributed by atoms with Crippen LogP contribution < -0.4 is 5.73 Å². The average molecular weight is 496 g/mol. The molecule has 0 aliphatic carbocycles. The standard InChI is InChI=1S/C26H27N3.C2HF3O2/c1-18(2)8-13-24-23-16-22(20-6-4-3-5-7-20)26(29-25(23)14-15-28-24)21-11-9-19(17-27)10-12-21;3-2(4,5)1(6)7/h3-7,9-12,14-16,18H,8,13,17,27H2,1-2H3;(H,6,7). The molecule has 8 heteroatoms. The minimum absolute atomic E-state index is 0.544. The number of aliphatic carboxylic acids is 1. The van der Waals surface area contributed by atoms with Crippen molar-refractivity contribution in [1.29, 1.82) is 0 Å². The second kappa shape index (κ2) is 11.8. The van der Waals surface area contributed by atoms with Crippen molar-refractivity contribution >= 4 is 16.9 Å². The topological polar surface area (TPSA) is 89.1 Å². The number of nitrogens with two attached hydrogens (primary N) is 1. The first-order valence-electron chi connectivity index (χ1n) is 11.5. The zero-order valence-corrected chi connectivity index (χ0v) is 20.1. The lowest BCUT2D eigenvalue weighted by Gasteiger charge is -2.14. The molecule has 4 rings (SSSR count). The molecule has 36 heavy (non-hydrogen) atoms. The molecule has 4 aromatic rings. The number of alkyl halides is 3. The molecule has 0 saturated heterocycles. The van der Waals surface area contributed by atoms with Crippen LogP contribution in [0.3, 0.4) is 0 Å². The maximum atomic E-state index is 10.6. The van der Waals surface area contributed by atoms with Crippen LogP contribution in [-0.4, -0.2) is 27.2 Å². The van der Waals surface area contributed by atoms with Crippen molar-refractivity contribution < 1.29 is 23.1 Å². The van der Waals surface area contributed by atoms with Crippen LogP contribution in [0.2, 0.25) is 0 Å². The van der Waals surface area contributed by atoms with E-state index in [-0.39, 0.29) is 0 Å². The Hall–Kier alpha value is -3.78. The van der Waals surface area contributed by atoms with Crippen LogP contribution in [0, 0.1) is 5.92 Å². The maximum Gasteiger partial charge on any atom is 0.490 e. The fourth-order valence-corrected chi connectivity index (χ4v) is 3.63. The molecule has 0 aliphatic rings. The third kappa shape index (κ3) is 6.88. The molecule has 0 aliphatic heterocycles. The van der Waals surface area contributed by atoms with E-state index in [1.54, 1.807) is 0 Å². The van der Waals surface area contributed by atoms with Crippen molar-refractivity contribution in [1.82, 2.24) is 9.97 Å². The number of carbonyl (C=O) groups is 1. The largest absolute Gasteiger partial charge is 0.490 e. The number of halogens is 3. The van der Waals surface area contributed by atoms with Gasteiger partial charge in [0.15, 0.2) is 0 Å². The summed E-state index contributed by atoms with van der Waals surface area (Å²) in [6.45, 7) is 5.05. The van der Waals surface area contributed by atoms with Crippen LogP contribution in [0.1, 0.15) is 31.5 Å². The minimum Gasteiger partial charge on any atom is -0.475 e. The first-order chi connectivity index (χ1) is 17.1. The lowest BCUT2D eigenvalue weighted by atomic mass is 9.95. The smallest absolute Gasteiger partial charge is 0.475 e. The number of hydrogen-bond acceptors (Lipinski definition) is 4. The van der Waals surface area contributed by atoms with Crippen LogP contribution in [0.4, 0.5) is 13.2 Å². The molecular weight excluding hydrogens is 467 g/mol. The fraction of sp³-hybridized carbons (Fsp3) is 0.250. The molecule has 0 spiro atoms. The second-order valence-corrected chi connectivity index (χ2v) is 8.71. The van der Waals surface area contributed by atoms with Gasteiger partial charge in [0.1, 0.15) is 0 Å². The Morgan fingerprint density at radius 2 is 1.64 bits per heavy atom. The van der Waals surface area contributed by atoms with Gasteiger partial charge in [0, 0.05) is 34.9 Å². The zero-order chi connectivity index (χ0) is 26.3. The van der Waals surface area contributed by atoms with Gasteiger partial charge in [0.05, 0.1) is 11.2 Å². The van der Waals surface area contributed by atoms with Crippen molar-refractivity contribution in [3.63, 3.8) is 0 Å². The summed E-state index contributed by atoms with van der Waals surface area (Å²) in [5.41, 5.74) is 13.4. The molecule has 2 aromatic heterocycles. The normalized spacial score (nSPS) is 11.3. The second-order valence-electron chi connectivity index (χ2n) is 8.71. The van der Waals surface area contributed by atoms with Crippen LogP contribution in [-0.2, 0) is 17.8 Å². The van der Waals surface area contributed by atoms with Crippen molar-refractivity contribution in [2.75, 3.05) is 0 Å². The Labute approximate surface area is 207 Å². The van der Waals surface area contributed by atoms with Gasteiger partial charge in [-0.2, -0.15) is 13.2 Å². The summed E-state index contributed by atoms with van der Waals surface area (Å²) in [7, 11) is 0. The Bertz CT molecular complexity index is 1310. The number of hydrogen-bond donors (Lipinski definition) is 2. The van der Waals surface area contributed by atoms with Crippen molar-refractivity contribution in [2.45, 2.75) is 39.4 Å². The Kier molecular flexibility index (Phi) is 8.77. The first-order valence-corrected chi connectivity index (χ1v) is 11.5. The first kappa shape index (κ1) is 26.8. The van der Waals surface area contributed by atoms with Crippen LogP contribution in [0.5, 0.6) is 0 Å². The highest BCUT2D eigenvalue weighted by Gasteiger charge is 2.38. The van der Waals surface area contributed by atoms with Crippen molar-refractivity contribution in [3.8, 4) is 22.4 Å². The van der Waals surface area contributed by atoms with E-state index in [0.717, 1.165) is 51.8 Å². The predicted octanol–water partition coefficient (Wildman–Crippen LogP) is 6.64. The van der Waals surface area contributed by atoms with Crippen molar-refractivity contribution in [2.24, 2.45) is 11.7 Å². The summed E-state index contributed by atoms with van der Waals surface area (Å²) in [6.07, 6.45) is -1.11. The number of carboxylic acid groups (broad SMARTS) is 1. The van der Waals surface area contributed by atoms with Gasteiger partial charge >= 0.3 is 12.1 Å². The number of carboxylic acids is 1. The number of pyridine rings is 2. The predicted molar refractivity (Wildman–Crippen MR) is 135 cm³/mol. The molecule has 0 bridgehead atoms. The van der Waals surface area contributed by atoms with Crippen LogP contribution >= 0.6 is 0 Å². The van der Waals surface area contributed by atoms with Crippen LogP contribution in [0.15, 0.2) is 72.9 Å². The lowest BCUT2D eigenvalue weighted by Crippen LogP contribution is -2.21. The minimum atomic E-state index is -5.08. The van der Waals surface area contributed by atoms with Crippen LogP contribution in [0.25, 0.3) is 33.3 Å². The summed E-state index contributed by atoms with van der Waals surface area (Å²) in [5, 5.41) is 8.27. The number of rotatable bonds is 6. The number of benzene rings is 2. The summed E-state index contributed by atoms with van der Waals surface area (Å²) in [6, 6.07) is 23.2. The van der Waals surface area contributed by atoms with Gasteiger partial charge in [-0.25, -0.2) is 9.78 Å². The third-order valence-corrected chi connectivity index (χ3v) is 5.57. The van der Waals surface area contributed by atoms with E-state index < -0.39 is 12.1 Å². The van der Waals surface area contributed by atoms with E-state index in [4.69, 9.17) is 20.6 Å². The molecule has 188 valence electrons. The van der Waals surface area contributed by atoms with E-state index in [2.05, 4.69) is 73.4 Å². The molecule has 3 N–H and O–H groups in total. The molecule has 0 unspecified atom stereocenters. The van der Waals surface area contributed by atoms with Gasteiger partial charge in [0.2, 0.25) is 0 Å². The third-order valence-electron chi connectivity index (χ3n) is 5.57. The van der Waals surface area contributed by atoms with Gasteiger partial charge in [0.25, 0.3) is 0 Å². The molecule has 0 radical (unpaired) electrons. The highest BCUT2D eigenvalue weighted by molar-refractivity contribution is 5.92. The van der Waals surface area contributed by atoms with Crippen molar-refractivity contribution in [3.05, 3.63) is 84.2 Å². The summed E-state index contributed by atoms with van der Waals surface area (Å²) < 4.78 is 31.7. The number of aromatic nitrogens is 2. The van der Waals surface area contributed by atoms with Gasteiger partial charge in [-0.05, 0) is 42.0 Å². The lowest BCUT2D eigenvalue weighted by molar-refractivity contribution is -0.192. The monoisotopic (exact) mass is 495 g/mol. The zero-order valence-electron chi connectivity index (χ0n) is 20.1. The highest BCUT2D eigenvalue weighted by atomic mass is 19.4. The van der Waals surface area contributed by atoms with E-state index in [0.29, 0.717) is 12.5 Å². The van der Waals surface area contributed by atoms with Gasteiger partial charge in [-0.15, -0.1) is 0 Å². The van der Waals surface area contributed by atoms with E-state index in [1.165, 1.54) is 5.56 Å². The van der Waals surface area contributed by atoms with E-state index in [9.17, 15) is 13.2 Å². The Morgan fingerprint density at radius 3 is 2.19 bits per heavy atom. The molecule has 0 amide bonds. The molecule has 0 atom stereocenters. The number of nitrogens with zero attached hydrogens (tertiary/aromatic N) is 2. The Morgan fingerprint density at radius 1 is 1.00 bits per heavy atom. The molecule has 5 nitrogen and oxygen atoms in total. The highest BCUT2D eigenvalue weighted by Crippen LogP contribution is 2.34. The maximum absolute atomic E-state index is 10.6.